The van der Waals surface area contributed by atoms with E-state index in [4.69, 9.17) is 0 Å². The van der Waals surface area contributed by atoms with Crippen molar-refractivity contribution < 1.29 is 9.18 Å². The molecule has 1 aromatic carbocycles. The molecule has 0 unspecified atom stereocenters. The molecular weight excluding hydrogens is 461 g/mol. The quantitative estimate of drug-likeness (QED) is 0.247. The zero-order valence-corrected chi connectivity index (χ0v) is 19.6. The van der Waals surface area contributed by atoms with Crippen molar-refractivity contribution in [3.8, 4) is 11.3 Å². The molecule has 2 N–H and O–H groups in total. The van der Waals surface area contributed by atoms with E-state index in [2.05, 4.69) is 60.8 Å². The summed E-state index contributed by atoms with van der Waals surface area (Å²) in [7, 11) is 1.47. The molecule has 0 bridgehead atoms. The molecule has 0 aliphatic carbocycles. The van der Waals surface area contributed by atoms with Gasteiger partial charge in [0.15, 0.2) is 5.82 Å². The van der Waals surface area contributed by atoms with E-state index in [-0.39, 0.29) is 5.56 Å². The molecule has 0 aliphatic heterocycles. The lowest BCUT2D eigenvalue weighted by molar-refractivity contribution is 0.0961. The van der Waals surface area contributed by atoms with Crippen LogP contribution in [0.25, 0.3) is 22.2 Å². The number of nitrogens with zero attached hydrogens (tertiary/aromatic N) is 5. The molecule has 3 heterocycles. The van der Waals surface area contributed by atoms with Crippen molar-refractivity contribution in [2.45, 2.75) is 23.4 Å². The fourth-order valence-corrected chi connectivity index (χ4v) is 4.32. The third-order valence-electron chi connectivity index (χ3n) is 5.00. The molecule has 1 amide bonds. The standard InChI is InChI=1S/C22H20FN7OS2/c1-11-29-21(32)18(22(33)30-11)15-8-16(28-10-27-15)25-7-6-12-4-3-5-13-17(20(31)24-2)14(23)9-26-19(12)13/h3-5,8-10H,6-7H2,1-2H3,(H,24,31)(H,25,27,28)(H2,29,30,32,33). The maximum Gasteiger partial charge on any atom is 0.254 e. The van der Waals surface area contributed by atoms with E-state index in [9.17, 15) is 9.18 Å². The van der Waals surface area contributed by atoms with Gasteiger partial charge in [-0.15, -0.1) is 25.3 Å². The first-order chi connectivity index (χ1) is 15.9. The summed E-state index contributed by atoms with van der Waals surface area (Å²) in [4.78, 5) is 33.5. The van der Waals surface area contributed by atoms with Gasteiger partial charge < -0.3 is 10.6 Å². The Balaban J connectivity index is 1.55. The summed E-state index contributed by atoms with van der Waals surface area (Å²) < 4.78 is 14.2. The van der Waals surface area contributed by atoms with Crippen LogP contribution in [0.1, 0.15) is 21.7 Å². The highest BCUT2D eigenvalue weighted by Crippen LogP contribution is 2.29. The summed E-state index contributed by atoms with van der Waals surface area (Å²) in [5, 5.41) is 7.17. The van der Waals surface area contributed by atoms with Crippen LogP contribution in [0.4, 0.5) is 10.2 Å². The summed E-state index contributed by atoms with van der Waals surface area (Å²) >= 11 is 8.86. The van der Waals surface area contributed by atoms with Crippen molar-refractivity contribution in [1.29, 1.82) is 0 Å². The number of carbonyl (C=O) groups is 1. The molecule has 33 heavy (non-hydrogen) atoms. The number of aromatic nitrogens is 5. The minimum Gasteiger partial charge on any atom is -0.370 e. The van der Waals surface area contributed by atoms with Crippen LogP contribution in [0.5, 0.6) is 0 Å². The van der Waals surface area contributed by atoms with E-state index in [0.29, 0.717) is 56.8 Å². The van der Waals surface area contributed by atoms with Crippen LogP contribution in [0.3, 0.4) is 0 Å². The van der Waals surface area contributed by atoms with E-state index in [0.717, 1.165) is 11.8 Å². The number of para-hydroxylation sites is 1. The minimum absolute atomic E-state index is 0.0109. The van der Waals surface area contributed by atoms with E-state index >= 15 is 0 Å². The van der Waals surface area contributed by atoms with Crippen LogP contribution in [-0.4, -0.2) is 44.4 Å². The highest BCUT2D eigenvalue weighted by molar-refractivity contribution is 7.81. The number of halogens is 1. The van der Waals surface area contributed by atoms with Gasteiger partial charge in [0, 0.05) is 25.0 Å². The molecule has 0 fully saturated rings. The Morgan fingerprint density at radius 1 is 1.12 bits per heavy atom. The number of carbonyl (C=O) groups excluding carboxylic acids is 1. The maximum atomic E-state index is 14.2. The first kappa shape index (κ1) is 22.9. The summed E-state index contributed by atoms with van der Waals surface area (Å²) in [6.45, 7) is 2.29. The number of rotatable bonds is 6. The Hall–Kier alpha value is -3.31. The fourth-order valence-electron chi connectivity index (χ4n) is 3.51. The van der Waals surface area contributed by atoms with Gasteiger partial charge >= 0.3 is 0 Å². The van der Waals surface area contributed by atoms with Crippen LogP contribution in [0.15, 0.2) is 46.8 Å². The third kappa shape index (κ3) is 4.74. The Kier molecular flexibility index (Phi) is 6.70. The second-order valence-electron chi connectivity index (χ2n) is 7.13. The molecule has 0 atom stereocenters. The second-order valence-corrected chi connectivity index (χ2v) is 7.98. The van der Waals surface area contributed by atoms with Crippen molar-refractivity contribution in [2.75, 3.05) is 18.9 Å². The minimum atomic E-state index is -0.655. The monoisotopic (exact) mass is 481 g/mol. The van der Waals surface area contributed by atoms with Gasteiger partial charge in [-0.05, 0) is 18.9 Å². The molecule has 4 rings (SSSR count). The topological polar surface area (TPSA) is 106 Å². The smallest absolute Gasteiger partial charge is 0.254 e. The number of hydrogen-bond donors (Lipinski definition) is 4. The zero-order chi connectivity index (χ0) is 23.5. The highest BCUT2D eigenvalue weighted by atomic mass is 32.1. The number of amides is 1. The van der Waals surface area contributed by atoms with Gasteiger partial charge in [0.05, 0.1) is 28.5 Å². The number of thiol groups is 2. The lowest BCUT2D eigenvalue weighted by Crippen LogP contribution is -2.20. The Bertz CT molecular complexity index is 1340. The third-order valence-corrected chi connectivity index (χ3v) is 5.64. The predicted octanol–water partition coefficient (Wildman–Crippen LogP) is 3.52. The number of benzene rings is 1. The van der Waals surface area contributed by atoms with Crippen LogP contribution in [0, 0.1) is 12.7 Å². The van der Waals surface area contributed by atoms with Crippen molar-refractivity contribution in [2.24, 2.45) is 0 Å². The Morgan fingerprint density at radius 3 is 2.61 bits per heavy atom. The van der Waals surface area contributed by atoms with E-state index < -0.39 is 11.7 Å². The maximum absolute atomic E-state index is 14.2. The molecule has 168 valence electrons. The molecule has 0 saturated carbocycles. The summed E-state index contributed by atoms with van der Waals surface area (Å²) in [5.74, 6) is 0.0318. The van der Waals surface area contributed by atoms with Gasteiger partial charge in [0.25, 0.3) is 5.91 Å². The summed E-state index contributed by atoms with van der Waals surface area (Å²) in [6.07, 6.45) is 3.09. The van der Waals surface area contributed by atoms with Crippen molar-refractivity contribution in [1.82, 2.24) is 30.2 Å². The molecule has 0 aliphatic rings. The van der Waals surface area contributed by atoms with Crippen LogP contribution >= 0.6 is 25.3 Å². The first-order valence-corrected chi connectivity index (χ1v) is 10.9. The van der Waals surface area contributed by atoms with Crippen LogP contribution < -0.4 is 10.6 Å². The normalized spacial score (nSPS) is 10.9. The SMILES string of the molecule is CNC(=O)c1c(F)cnc2c(CCNc3cc(-c4c(S)nc(C)nc4S)ncn3)cccc12. The number of nitrogens with one attached hydrogen (secondary N) is 2. The molecule has 3 aromatic heterocycles. The second kappa shape index (κ2) is 9.67. The first-order valence-electron chi connectivity index (χ1n) is 10.00. The van der Waals surface area contributed by atoms with Gasteiger partial charge in [0.1, 0.15) is 28.0 Å². The number of fused-ring (bicyclic) bond motifs is 1. The molecular formula is C22H20FN7OS2. The van der Waals surface area contributed by atoms with Gasteiger partial charge in [-0.2, -0.15) is 0 Å². The predicted molar refractivity (Wildman–Crippen MR) is 130 cm³/mol. The highest BCUT2D eigenvalue weighted by Gasteiger charge is 2.17. The largest absolute Gasteiger partial charge is 0.370 e. The Labute approximate surface area is 200 Å². The number of anilines is 1. The number of hydrogen-bond acceptors (Lipinski definition) is 9. The summed E-state index contributed by atoms with van der Waals surface area (Å²) in [5.41, 5.74) is 2.67. The molecule has 0 spiro atoms. The summed E-state index contributed by atoms with van der Waals surface area (Å²) in [6, 6.07) is 7.15. The lowest BCUT2D eigenvalue weighted by atomic mass is 10.0. The fraction of sp³-hybridized carbons (Fsp3) is 0.182. The van der Waals surface area contributed by atoms with E-state index in [1.54, 1.807) is 25.1 Å². The van der Waals surface area contributed by atoms with Gasteiger partial charge in [-0.25, -0.2) is 24.3 Å². The van der Waals surface area contributed by atoms with E-state index in [1.165, 1.54) is 13.4 Å². The number of pyridine rings is 1. The lowest BCUT2D eigenvalue weighted by Gasteiger charge is -2.12. The van der Waals surface area contributed by atoms with Gasteiger partial charge in [0.2, 0.25) is 0 Å². The molecule has 11 heteroatoms. The van der Waals surface area contributed by atoms with E-state index in [1.807, 2.05) is 6.07 Å². The van der Waals surface area contributed by atoms with Gasteiger partial charge in [-0.1, -0.05) is 18.2 Å². The van der Waals surface area contributed by atoms with Crippen molar-refractivity contribution >= 4 is 47.9 Å². The van der Waals surface area contributed by atoms with Crippen LogP contribution in [-0.2, 0) is 6.42 Å². The molecule has 4 aromatic rings. The zero-order valence-electron chi connectivity index (χ0n) is 17.8. The molecule has 0 saturated heterocycles. The molecule has 8 nitrogen and oxygen atoms in total. The van der Waals surface area contributed by atoms with Crippen molar-refractivity contribution in [3.63, 3.8) is 0 Å². The average molecular weight is 482 g/mol. The average Bonchev–Trinajstić information content (AvgIpc) is 2.78. The number of aryl methyl sites for hydroxylation is 1. The molecule has 0 radical (unpaired) electrons. The van der Waals surface area contributed by atoms with Crippen molar-refractivity contribution in [3.05, 3.63) is 59.6 Å². The van der Waals surface area contributed by atoms with Gasteiger partial charge in [-0.3, -0.25) is 9.78 Å². The Morgan fingerprint density at radius 2 is 1.88 bits per heavy atom. The van der Waals surface area contributed by atoms with Crippen LogP contribution in [0.2, 0.25) is 0 Å².